The van der Waals surface area contributed by atoms with Gasteiger partial charge in [-0.3, -0.25) is 0 Å². The van der Waals surface area contributed by atoms with Gasteiger partial charge in [-0.15, -0.1) is 0 Å². The van der Waals surface area contributed by atoms with Gasteiger partial charge in [0.05, 0.1) is 0 Å². The molecule has 0 bridgehead atoms. The van der Waals surface area contributed by atoms with Crippen LogP contribution < -0.4 is 0 Å². The zero-order valence-corrected chi connectivity index (χ0v) is 19.1. The minimum absolute atomic E-state index is 0.405. The third-order valence-corrected chi connectivity index (χ3v) is 9.30. The van der Waals surface area contributed by atoms with Crippen LogP contribution in [-0.2, 0) is 0 Å². The summed E-state index contributed by atoms with van der Waals surface area (Å²) in [5.41, 5.74) is 1.31. The molecule has 4 atom stereocenters. The van der Waals surface area contributed by atoms with Gasteiger partial charge < -0.3 is 0 Å². The average molecular weight is 425 g/mol. The van der Waals surface area contributed by atoms with E-state index in [-0.39, 0.29) is 0 Å². The Labute approximate surface area is 186 Å². The van der Waals surface area contributed by atoms with Crippen molar-refractivity contribution in [3.05, 3.63) is 47.5 Å². The van der Waals surface area contributed by atoms with Crippen molar-refractivity contribution in [2.45, 2.75) is 89.9 Å². The van der Waals surface area contributed by atoms with E-state index in [1.165, 1.54) is 88.7 Å². The lowest BCUT2D eigenvalue weighted by molar-refractivity contribution is 0.0618. The van der Waals surface area contributed by atoms with Gasteiger partial charge in [-0.2, -0.15) is 0 Å². The van der Waals surface area contributed by atoms with E-state index in [4.69, 9.17) is 0 Å². The van der Waals surface area contributed by atoms with Crippen molar-refractivity contribution in [1.29, 1.82) is 0 Å². The van der Waals surface area contributed by atoms with Crippen molar-refractivity contribution < 1.29 is 8.78 Å². The molecule has 0 heterocycles. The summed E-state index contributed by atoms with van der Waals surface area (Å²) < 4.78 is 27.5. The molecule has 0 aliphatic heterocycles. The maximum atomic E-state index is 14.0. The molecule has 0 amide bonds. The molecule has 3 fully saturated rings. The third kappa shape index (κ3) is 4.41. The molecular formula is C29H38F2. The Bertz CT molecular complexity index is 895. The molecule has 31 heavy (non-hydrogen) atoms. The quantitative estimate of drug-likeness (QED) is 0.459. The van der Waals surface area contributed by atoms with Crippen molar-refractivity contribution in [2.24, 2.45) is 29.6 Å². The second-order valence-corrected chi connectivity index (χ2v) is 11.0. The van der Waals surface area contributed by atoms with Crippen molar-refractivity contribution in [3.63, 3.8) is 0 Å². The van der Waals surface area contributed by atoms with E-state index in [1.54, 1.807) is 12.1 Å². The summed E-state index contributed by atoms with van der Waals surface area (Å²) in [4.78, 5) is 0. The molecule has 0 aromatic heterocycles. The van der Waals surface area contributed by atoms with Gasteiger partial charge in [0.25, 0.3) is 0 Å². The SMILES string of the molecule is CCCC1CCC2CC(C3CCC(c4ccc5c(F)c(F)ccc5c4)CC3)CCC2C1. The zero-order chi connectivity index (χ0) is 21.4. The van der Waals surface area contributed by atoms with Gasteiger partial charge in [0, 0.05) is 5.39 Å². The minimum Gasteiger partial charge on any atom is -0.204 e. The molecule has 168 valence electrons. The van der Waals surface area contributed by atoms with Crippen LogP contribution in [0.25, 0.3) is 10.8 Å². The minimum atomic E-state index is -0.755. The molecule has 0 spiro atoms. The standard InChI is InChI=1S/C29H38F2/c1-2-3-19-4-5-25-17-23(11-10-22(25)16-19)20-6-8-21(9-7-20)24-12-14-27-26(18-24)13-15-28(30)29(27)31/h12-15,18-23,25H,2-11,16-17H2,1H3. The second-order valence-electron chi connectivity index (χ2n) is 11.0. The first-order valence-electron chi connectivity index (χ1n) is 13.0. The van der Waals surface area contributed by atoms with Gasteiger partial charge in [0.1, 0.15) is 0 Å². The highest BCUT2D eigenvalue weighted by Crippen LogP contribution is 2.50. The summed E-state index contributed by atoms with van der Waals surface area (Å²) in [6.07, 6.45) is 17.0. The van der Waals surface area contributed by atoms with E-state index in [9.17, 15) is 8.78 Å². The van der Waals surface area contributed by atoms with Crippen molar-refractivity contribution in [3.8, 4) is 0 Å². The third-order valence-electron chi connectivity index (χ3n) is 9.30. The maximum Gasteiger partial charge on any atom is 0.166 e. The highest BCUT2D eigenvalue weighted by atomic mass is 19.2. The molecule has 2 aromatic carbocycles. The second kappa shape index (κ2) is 9.20. The Morgan fingerprint density at radius 2 is 1.42 bits per heavy atom. The molecule has 3 aliphatic rings. The number of benzene rings is 2. The van der Waals surface area contributed by atoms with Gasteiger partial charge in [-0.05, 0) is 110 Å². The molecule has 2 aromatic rings. The smallest absolute Gasteiger partial charge is 0.166 e. The number of hydrogen-bond acceptors (Lipinski definition) is 0. The number of rotatable bonds is 4. The Balaban J connectivity index is 1.18. The fourth-order valence-electron chi connectivity index (χ4n) is 7.58. The molecule has 3 saturated carbocycles. The predicted octanol–water partition coefficient (Wildman–Crippen LogP) is 9.02. The molecule has 4 unspecified atom stereocenters. The molecule has 0 radical (unpaired) electrons. The highest BCUT2D eigenvalue weighted by molar-refractivity contribution is 5.84. The Kier molecular flexibility index (Phi) is 6.35. The van der Waals surface area contributed by atoms with Crippen LogP contribution in [0.4, 0.5) is 8.78 Å². The number of fused-ring (bicyclic) bond motifs is 2. The van der Waals surface area contributed by atoms with E-state index < -0.39 is 11.6 Å². The van der Waals surface area contributed by atoms with Gasteiger partial charge in [0.2, 0.25) is 0 Å². The summed E-state index contributed by atoms with van der Waals surface area (Å²) in [5.74, 6) is 4.04. The van der Waals surface area contributed by atoms with Crippen molar-refractivity contribution in [2.75, 3.05) is 0 Å². The maximum absolute atomic E-state index is 14.0. The molecule has 0 N–H and O–H groups in total. The van der Waals surface area contributed by atoms with Gasteiger partial charge in [-0.1, -0.05) is 50.5 Å². The van der Waals surface area contributed by atoms with Crippen molar-refractivity contribution >= 4 is 10.8 Å². The molecule has 3 aliphatic carbocycles. The first-order valence-corrected chi connectivity index (χ1v) is 13.0. The Morgan fingerprint density at radius 3 is 2.19 bits per heavy atom. The molecule has 0 saturated heterocycles. The van der Waals surface area contributed by atoms with Crippen LogP contribution in [0.3, 0.4) is 0 Å². The van der Waals surface area contributed by atoms with E-state index in [0.29, 0.717) is 11.3 Å². The summed E-state index contributed by atoms with van der Waals surface area (Å²) in [7, 11) is 0. The lowest BCUT2D eigenvalue weighted by atomic mass is 9.60. The fraction of sp³-hybridized carbons (Fsp3) is 0.655. The lowest BCUT2D eigenvalue weighted by Crippen LogP contribution is -2.34. The fourth-order valence-corrected chi connectivity index (χ4v) is 7.58. The van der Waals surface area contributed by atoms with Crippen LogP contribution in [0.5, 0.6) is 0 Å². The molecule has 2 heteroatoms. The number of hydrogen-bond donors (Lipinski definition) is 0. The van der Waals surface area contributed by atoms with Crippen LogP contribution >= 0.6 is 0 Å². The summed E-state index contributed by atoms with van der Waals surface area (Å²) in [6.45, 7) is 2.34. The predicted molar refractivity (Wildman–Crippen MR) is 125 cm³/mol. The first kappa shape index (κ1) is 21.4. The molecule has 0 nitrogen and oxygen atoms in total. The number of halogens is 2. The monoisotopic (exact) mass is 424 g/mol. The van der Waals surface area contributed by atoms with E-state index in [0.717, 1.165) is 35.0 Å². The summed E-state index contributed by atoms with van der Waals surface area (Å²) >= 11 is 0. The van der Waals surface area contributed by atoms with Crippen molar-refractivity contribution in [1.82, 2.24) is 0 Å². The molecule has 5 rings (SSSR count). The average Bonchev–Trinajstić information content (AvgIpc) is 2.81. The van der Waals surface area contributed by atoms with Crippen LogP contribution in [0.15, 0.2) is 30.3 Å². The topological polar surface area (TPSA) is 0 Å². The van der Waals surface area contributed by atoms with Gasteiger partial charge in [0.15, 0.2) is 11.6 Å². The highest BCUT2D eigenvalue weighted by Gasteiger charge is 2.38. The van der Waals surface area contributed by atoms with E-state index in [2.05, 4.69) is 13.0 Å². The first-order chi connectivity index (χ1) is 15.1. The van der Waals surface area contributed by atoms with E-state index >= 15 is 0 Å². The lowest BCUT2D eigenvalue weighted by Gasteiger charge is -2.45. The summed E-state index contributed by atoms with van der Waals surface area (Å²) in [5, 5.41) is 1.23. The Hall–Kier alpha value is -1.44. The van der Waals surface area contributed by atoms with Crippen LogP contribution in [0.1, 0.15) is 95.5 Å². The normalized spacial score (nSPS) is 33.9. The van der Waals surface area contributed by atoms with E-state index in [1.807, 2.05) is 6.07 Å². The molecular weight excluding hydrogens is 386 g/mol. The Morgan fingerprint density at radius 1 is 0.742 bits per heavy atom. The zero-order valence-electron chi connectivity index (χ0n) is 19.1. The largest absolute Gasteiger partial charge is 0.204 e. The van der Waals surface area contributed by atoms with Crippen LogP contribution in [0.2, 0.25) is 0 Å². The van der Waals surface area contributed by atoms with Crippen LogP contribution in [0, 0.1) is 41.2 Å². The van der Waals surface area contributed by atoms with Gasteiger partial charge in [-0.25, -0.2) is 8.78 Å². The summed E-state index contributed by atoms with van der Waals surface area (Å²) in [6, 6.07) is 8.89. The van der Waals surface area contributed by atoms with Crippen LogP contribution in [-0.4, -0.2) is 0 Å². The van der Waals surface area contributed by atoms with Gasteiger partial charge >= 0.3 is 0 Å².